The Kier molecular flexibility index (Phi) is 6.85. The lowest BCUT2D eigenvalue weighted by Gasteiger charge is -2.23. The summed E-state index contributed by atoms with van der Waals surface area (Å²) in [5, 5.41) is 10.3. The summed E-state index contributed by atoms with van der Waals surface area (Å²) < 4.78 is 6.73. The Hall–Kier alpha value is -6.78. The molecule has 4 heteroatoms. The van der Waals surface area contributed by atoms with Crippen LogP contribution in [0.25, 0.3) is 65.7 Å². The van der Waals surface area contributed by atoms with Crippen molar-refractivity contribution in [1.29, 1.82) is 0 Å². The molecule has 8 aromatic carbocycles. The van der Waals surface area contributed by atoms with Crippen molar-refractivity contribution < 1.29 is 4.42 Å². The number of aliphatic imine (C=N–C) groups is 2. The van der Waals surface area contributed by atoms with Crippen LogP contribution in [0.3, 0.4) is 0 Å². The molecule has 1 unspecified atom stereocenters. The van der Waals surface area contributed by atoms with Crippen LogP contribution in [-0.4, -0.2) is 11.7 Å². The van der Waals surface area contributed by atoms with E-state index in [-0.39, 0.29) is 0 Å². The third kappa shape index (κ3) is 5.25. The summed E-state index contributed by atoms with van der Waals surface area (Å²) in [5.74, 6) is 1.56. The van der Waals surface area contributed by atoms with Crippen molar-refractivity contribution in [2.45, 2.75) is 6.17 Å². The molecule has 0 saturated heterocycles. The van der Waals surface area contributed by atoms with Crippen molar-refractivity contribution in [3.8, 4) is 22.3 Å². The molecule has 2 heterocycles. The molecule has 0 aliphatic carbocycles. The number of nitrogens with zero attached hydrogens (tertiary/aromatic N) is 2. The van der Waals surface area contributed by atoms with E-state index in [9.17, 15) is 0 Å². The van der Waals surface area contributed by atoms with Crippen LogP contribution in [0.4, 0.5) is 0 Å². The van der Waals surface area contributed by atoms with Crippen molar-refractivity contribution in [1.82, 2.24) is 5.32 Å². The maximum Gasteiger partial charge on any atom is 0.170 e. The fourth-order valence-electron chi connectivity index (χ4n) is 7.32. The van der Waals surface area contributed by atoms with E-state index in [1.807, 2.05) is 18.2 Å². The highest BCUT2D eigenvalue weighted by Gasteiger charge is 2.25. The first-order valence-corrected chi connectivity index (χ1v) is 17.3. The number of hydrogen-bond donors (Lipinski definition) is 1. The van der Waals surface area contributed by atoms with Gasteiger partial charge in [0.1, 0.15) is 22.8 Å². The normalized spacial score (nSPS) is 14.5. The highest BCUT2D eigenvalue weighted by Crippen LogP contribution is 2.42. The highest BCUT2D eigenvalue weighted by atomic mass is 16.3. The maximum absolute atomic E-state index is 6.73. The minimum absolute atomic E-state index is 0.532. The number of fused-ring (bicyclic) bond motifs is 5. The Morgan fingerprint density at radius 2 is 0.980 bits per heavy atom. The molecular formula is C47H31N3O. The van der Waals surface area contributed by atoms with Gasteiger partial charge >= 0.3 is 0 Å². The van der Waals surface area contributed by atoms with Gasteiger partial charge in [-0.2, -0.15) is 0 Å². The first-order valence-electron chi connectivity index (χ1n) is 17.3. The van der Waals surface area contributed by atoms with Gasteiger partial charge in [0.05, 0.1) is 0 Å². The fraction of sp³-hybridized carbons (Fsp3) is 0.0213. The van der Waals surface area contributed by atoms with Gasteiger partial charge in [0, 0.05) is 27.5 Å². The quantitative estimate of drug-likeness (QED) is 0.201. The summed E-state index contributed by atoms with van der Waals surface area (Å²) in [7, 11) is 0. The van der Waals surface area contributed by atoms with E-state index in [2.05, 4.69) is 163 Å². The van der Waals surface area contributed by atoms with Crippen LogP contribution in [0.5, 0.6) is 0 Å². The first-order chi connectivity index (χ1) is 25.2. The van der Waals surface area contributed by atoms with Crippen LogP contribution in [0.2, 0.25) is 0 Å². The zero-order chi connectivity index (χ0) is 33.7. The Balaban J connectivity index is 1.23. The van der Waals surface area contributed by atoms with Gasteiger partial charge in [0.2, 0.25) is 0 Å². The Morgan fingerprint density at radius 1 is 0.392 bits per heavy atom. The fourth-order valence-corrected chi connectivity index (χ4v) is 7.32. The van der Waals surface area contributed by atoms with Crippen molar-refractivity contribution in [3.63, 3.8) is 0 Å². The molecule has 240 valence electrons. The van der Waals surface area contributed by atoms with E-state index in [4.69, 9.17) is 14.4 Å². The standard InChI is InChI=1S/C47H31N3O/c1-3-12-30(13-4-1)34-20-11-21-35(24-34)39-27-41(44-40-26-36-18-9-10-19-37(36)28-42(40)51-43(44)29-39)47-49-45(32-15-5-2-6-16-32)48-46(50-47)38-23-22-31-14-7-8-17-33(31)25-38/h1-29,47H,(H,48,49,50). The number of hydrogen-bond acceptors (Lipinski definition) is 4. The van der Waals surface area contributed by atoms with Gasteiger partial charge in [-0.1, -0.05) is 140 Å². The summed E-state index contributed by atoms with van der Waals surface area (Å²) in [6, 6.07) is 61.7. The van der Waals surface area contributed by atoms with Gasteiger partial charge in [-0.15, -0.1) is 0 Å². The second-order valence-corrected chi connectivity index (χ2v) is 13.1. The van der Waals surface area contributed by atoms with Gasteiger partial charge in [0.15, 0.2) is 6.17 Å². The Labute approximate surface area is 295 Å². The zero-order valence-electron chi connectivity index (χ0n) is 27.6. The molecule has 1 aliphatic heterocycles. The molecule has 0 spiro atoms. The molecule has 1 atom stereocenters. The van der Waals surface area contributed by atoms with Crippen LogP contribution < -0.4 is 5.32 Å². The summed E-state index contributed by atoms with van der Waals surface area (Å²) in [6.45, 7) is 0. The molecule has 0 fully saturated rings. The van der Waals surface area contributed by atoms with Crippen LogP contribution >= 0.6 is 0 Å². The number of amidine groups is 2. The van der Waals surface area contributed by atoms with Gasteiger partial charge in [-0.05, 0) is 80.2 Å². The number of rotatable bonds is 5. The van der Waals surface area contributed by atoms with Gasteiger partial charge < -0.3 is 9.73 Å². The zero-order valence-corrected chi connectivity index (χ0v) is 27.6. The average Bonchev–Trinajstić information content (AvgIpc) is 3.57. The molecule has 9 aromatic rings. The SMILES string of the molecule is c1ccc(C2=NC(c3cc(-c4cccc(-c5ccccc5)c4)cc4oc5cc6ccccc6cc5c34)N=C(c3ccc4ccccc4c3)N2)cc1. The van der Waals surface area contributed by atoms with E-state index >= 15 is 0 Å². The maximum atomic E-state index is 6.73. The molecule has 4 nitrogen and oxygen atoms in total. The van der Waals surface area contributed by atoms with Gasteiger partial charge in [-0.3, -0.25) is 0 Å². The molecule has 51 heavy (non-hydrogen) atoms. The lowest BCUT2D eigenvalue weighted by molar-refractivity contribution is 0.668. The van der Waals surface area contributed by atoms with Crippen molar-refractivity contribution >= 4 is 55.2 Å². The predicted molar refractivity (Wildman–Crippen MR) is 211 cm³/mol. The number of nitrogens with one attached hydrogen (secondary N) is 1. The Bertz CT molecular complexity index is 2830. The number of furan rings is 1. The van der Waals surface area contributed by atoms with E-state index in [0.717, 1.165) is 83.1 Å². The summed E-state index contributed by atoms with van der Waals surface area (Å²) in [6.07, 6.45) is -0.532. The summed E-state index contributed by atoms with van der Waals surface area (Å²) in [4.78, 5) is 10.7. The minimum Gasteiger partial charge on any atom is -0.456 e. The molecule has 1 N–H and O–H groups in total. The monoisotopic (exact) mass is 653 g/mol. The molecule has 0 radical (unpaired) electrons. The van der Waals surface area contributed by atoms with E-state index in [0.29, 0.717) is 0 Å². The van der Waals surface area contributed by atoms with E-state index in [1.54, 1.807) is 0 Å². The summed E-state index contributed by atoms with van der Waals surface area (Å²) >= 11 is 0. The molecule has 0 saturated carbocycles. The Morgan fingerprint density at radius 3 is 1.73 bits per heavy atom. The second kappa shape index (κ2) is 12.0. The molecule has 0 amide bonds. The highest BCUT2D eigenvalue weighted by molar-refractivity contribution is 6.17. The topological polar surface area (TPSA) is 49.9 Å². The lowest BCUT2D eigenvalue weighted by atomic mass is 9.94. The number of benzene rings is 8. The lowest BCUT2D eigenvalue weighted by Crippen LogP contribution is -2.36. The summed E-state index contributed by atoms with van der Waals surface area (Å²) in [5.41, 5.74) is 9.16. The third-order valence-electron chi connectivity index (χ3n) is 9.86. The van der Waals surface area contributed by atoms with Gasteiger partial charge in [0.25, 0.3) is 0 Å². The smallest absolute Gasteiger partial charge is 0.170 e. The van der Waals surface area contributed by atoms with Gasteiger partial charge in [-0.25, -0.2) is 9.98 Å². The van der Waals surface area contributed by atoms with Crippen LogP contribution in [0, 0.1) is 0 Å². The van der Waals surface area contributed by atoms with Crippen molar-refractivity contribution in [2.24, 2.45) is 9.98 Å². The second-order valence-electron chi connectivity index (χ2n) is 13.1. The van der Waals surface area contributed by atoms with Crippen LogP contribution in [0.15, 0.2) is 190 Å². The van der Waals surface area contributed by atoms with E-state index in [1.165, 1.54) is 10.9 Å². The largest absolute Gasteiger partial charge is 0.456 e. The minimum atomic E-state index is -0.532. The third-order valence-corrected chi connectivity index (χ3v) is 9.86. The predicted octanol–water partition coefficient (Wildman–Crippen LogP) is 11.7. The molecule has 10 rings (SSSR count). The molecular weight excluding hydrogens is 623 g/mol. The molecule has 0 bridgehead atoms. The molecule has 1 aliphatic rings. The van der Waals surface area contributed by atoms with E-state index < -0.39 is 6.17 Å². The van der Waals surface area contributed by atoms with Crippen molar-refractivity contribution in [3.05, 3.63) is 193 Å². The van der Waals surface area contributed by atoms with Crippen LogP contribution in [-0.2, 0) is 0 Å². The molecule has 1 aromatic heterocycles. The van der Waals surface area contributed by atoms with Crippen molar-refractivity contribution in [2.75, 3.05) is 0 Å². The first kappa shape index (κ1) is 29.2. The average molecular weight is 654 g/mol. The van der Waals surface area contributed by atoms with Crippen LogP contribution in [0.1, 0.15) is 22.9 Å².